The predicted molar refractivity (Wildman–Crippen MR) is 132 cm³/mol. The SMILES string of the molecule is COc1ccc(C(=O)On2c(-c3ccc(C(C)(C)C)cc3)nc3ccccc3c2=O)cc1Br. The van der Waals surface area contributed by atoms with E-state index in [1.54, 1.807) is 36.4 Å². The van der Waals surface area contributed by atoms with E-state index >= 15 is 0 Å². The number of rotatable bonds is 4. The monoisotopic (exact) mass is 506 g/mol. The van der Waals surface area contributed by atoms with Crippen molar-refractivity contribution in [2.45, 2.75) is 26.2 Å². The Balaban J connectivity index is 1.83. The van der Waals surface area contributed by atoms with Gasteiger partial charge in [0.25, 0.3) is 5.56 Å². The molecule has 0 bridgehead atoms. The molecule has 0 aliphatic heterocycles. The Labute approximate surface area is 199 Å². The van der Waals surface area contributed by atoms with E-state index in [0.29, 0.717) is 26.7 Å². The first-order valence-electron chi connectivity index (χ1n) is 10.4. The first-order valence-corrected chi connectivity index (χ1v) is 11.2. The standard InChI is InChI=1S/C26H23BrN2O4/c1-26(2,3)18-12-9-16(10-13-18)23-28-21-8-6-5-7-19(21)24(30)29(23)33-25(31)17-11-14-22(32-4)20(27)15-17/h5-15H,1-4H3. The maximum Gasteiger partial charge on any atom is 0.363 e. The van der Waals surface area contributed by atoms with E-state index in [1.807, 2.05) is 30.3 Å². The minimum absolute atomic E-state index is 0.0246. The largest absolute Gasteiger partial charge is 0.496 e. The second-order valence-corrected chi connectivity index (χ2v) is 9.46. The van der Waals surface area contributed by atoms with Crippen molar-refractivity contribution in [2.75, 3.05) is 7.11 Å². The Morgan fingerprint density at radius 3 is 2.33 bits per heavy atom. The minimum atomic E-state index is -0.690. The molecule has 4 rings (SSSR count). The van der Waals surface area contributed by atoms with Crippen LogP contribution in [0.3, 0.4) is 0 Å². The lowest BCUT2D eigenvalue weighted by Gasteiger charge is -2.19. The highest BCUT2D eigenvalue weighted by molar-refractivity contribution is 9.10. The van der Waals surface area contributed by atoms with Gasteiger partial charge in [0.15, 0.2) is 5.82 Å². The second-order valence-electron chi connectivity index (χ2n) is 8.61. The number of nitrogens with zero attached hydrogens (tertiary/aromatic N) is 2. The van der Waals surface area contributed by atoms with Crippen molar-refractivity contribution in [1.29, 1.82) is 0 Å². The number of para-hydroxylation sites is 1. The zero-order valence-corrected chi connectivity index (χ0v) is 20.3. The van der Waals surface area contributed by atoms with Gasteiger partial charge in [-0.25, -0.2) is 9.78 Å². The average Bonchev–Trinajstić information content (AvgIpc) is 2.80. The lowest BCUT2D eigenvalue weighted by molar-refractivity contribution is 0.0449. The molecule has 0 unspecified atom stereocenters. The summed E-state index contributed by atoms with van der Waals surface area (Å²) in [6, 6.07) is 19.5. The van der Waals surface area contributed by atoms with Crippen molar-refractivity contribution < 1.29 is 14.4 Å². The van der Waals surface area contributed by atoms with Crippen molar-refractivity contribution in [3.05, 3.63) is 92.7 Å². The van der Waals surface area contributed by atoms with Gasteiger partial charge >= 0.3 is 5.97 Å². The van der Waals surface area contributed by atoms with Gasteiger partial charge in [-0.3, -0.25) is 4.79 Å². The van der Waals surface area contributed by atoms with Gasteiger partial charge in [0, 0.05) is 5.56 Å². The van der Waals surface area contributed by atoms with Crippen LogP contribution in [0.25, 0.3) is 22.3 Å². The molecule has 0 spiro atoms. The summed E-state index contributed by atoms with van der Waals surface area (Å²) in [6.45, 7) is 6.38. The Morgan fingerprint density at radius 2 is 1.70 bits per heavy atom. The number of hydrogen-bond donors (Lipinski definition) is 0. The van der Waals surface area contributed by atoms with Crippen LogP contribution in [0.5, 0.6) is 5.75 Å². The number of hydrogen-bond acceptors (Lipinski definition) is 5. The van der Waals surface area contributed by atoms with Crippen LogP contribution in [-0.2, 0) is 5.41 Å². The van der Waals surface area contributed by atoms with E-state index in [0.717, 1.165) is 10.3 Å². The summed E-state index contributed by atoms with van der Waals surface area (Å²) in [5.41, 5.74) is 2.10. The van der Waals surface area contributed by atoms with E-state index in [1.165, 1.54) is 7.11 Å². The molecule has 1 heterocycles. The molecule has 3 aromatic carbocycles. The lowest BCUT2D eigenvalue weighted by atomic mass is 9.86. The first kappa shape index (κ1) is 22.7. The molecule has 7 heteroatoms. The van der Waals surface area contributed by atoms with Crippen LogP contribution < -0.4 is 15.1 Å². The van der Waals surface area contributed by atoms with Gasteiger partial charge in [-0.1, -0.05) is 57.2 Å². The van der Waals surface area contributed by atoms with Crippen molar-refractivity contribution in [3.8, 4) is 17.1 Å². The maximum absolute atomic E-state index is 13.3. The van der Waals surface area contributed by atoms with Gasteiger partial charge in [0.1, 0.15) is 5.75 Å². The maximum atomic E-state index is 13.3. The Kier molecular flexibility index (Phi) is 6.08. The van der Waals surface area contributed by atoms with Crippen LogP contribution in [0.4, 0.5) is 0 Å². The van der Waals surface area contributed by atoms with Crippen LogP contribution >= 0.6 is 15.9 Å². The Bertz CT molecular complexity index is 1400. The van der Waals surface area contributed by atoms with E-state index in [-0.39, 0.29) is 16.8 Å². The van der Waals surface area contributed by atoms with Crippen molar-refractivity contribution in [2.24, 2.45) is 0 Å². The molecule has 0 aliphatic carbocycles. The fraction of sp³-hybridized carbons (Fsp3) is 0.192. The number of aromatic nitrogens is 2. The van der Waals surface area contributed by atoms with Gasteiger partial charge in [-0.2, -0.15) is 0 Å². The molecule has 0 radical (unpaired) electrons. The third kappa shape index (κ3) is 4.54. The van der Waals surface area contributed by atoms with E-state index in [2.05, 4.69) is 41.7 Å². The second kappa shape index (κ2) is 8.83. The minimum Gasteiger partial charge on any atom is -0.496 e. The van der Waals surface area contributed by atoms with Crippen LogP contribution in [0.15, 0.2) is 76.0 Å². The van der Waals surface area contributed by atoms with Crippen LogP contribution in [0, 0.1) is 0 Å². The number of ether oxygens (including phenoxy) is 1. The predicted octanol–water partition coefficient (Wildman–Crippen LogP) is 5.40. The normalized spacial score (nSPS) is 11.4. The van der Waals surface area contributed by atoms with Gasteiger partial charge in [0.2, 0.25) is 0 Å². The molecule has 6 nitrogen and oxygen atoms in total. The average molecular weight is 507 g/mol. The Morgan fingerprint density at radius 1 is 1.00 bits per heavy atom. The van der Waals surface area contributed by atoms with Crippen LogP contribution in [0.1, 0.15) is 36.7 Å². The molecule has 33 heavy (non-hydrogen) atoms. The number of halogens is 1. The molecule has 0 saturated heterocycles. The molecule has 0 amide bonds. The first-order chi connectivity index (χ1) is 15.7. The topological polar surface area (TPSA) is 70.4 Å². The molecule has 0 aliphatic rings. The van der Waals surface area contributed by atoms with E-state index in [4.69, 9.17) is 9.57 Å². The van der Waals surface area contributed by atoms with Crippen LogP contribution in [0.2, 0.25) is 0 Å². The smallest absolute Gasteiger partial charge is 0.363 e. The zero-order chi connectivity index (χ0) is 23.8. The van der Waals surface area contributed by atoms with Gasteiger partial charge in [-0.05, 0) is 57.2 Å². The summed E-state index contributed by atoms with van der Waals surface area (Å²) in [7, 11) is 1.54. The van der Waals surface area contributed by atoms with Crippen molar-refractivity contribution in [3.63, 3.8) is 0 Å². The molecule has 0 atom stereocenters. The summed E-state index contributed by atoms with van der Waals surface area (Å²) < 4.78 is 6.78. The van der Waals surface area contributed by atoms with Gasteiger partial charge in [0.05, 0.1) is 28.0 Å². The van der Waals surface area contributed by atoms with Crippen molar-refractivity contribution in [1.82, 2.24) is 9.71 Å². The fourth-order valence-electron chi connectivity index (χ4n) is 3.43. The third-order valence-electron chi connectivity index (χ3n) is 5.31. The summed E-state index contributed by atoms with van der Waals surface area (Å²) in [6.07, 6.45) is 0. The van der Waals surface area contributed by atoms with Gasteiger partial charge in [-0.15, -0.1) is 4.73 Å². The number of carbonyl (C=O) groups excluding carboxylic acids is 1. The quantitative estimate of drug-likeness (QED) is 0.370. The summed E-state index contributed by atoms with van der Waals surface area (Å²) in [5, 5.41) is 0.358. The highest BCUT2D eigenvalue weighted by atomic mass is 79.9. The third-order valence-corrected chi connectivity index (χ3v) is 5.93. The zero-order valence-electron chi connectivity index (χ0n) is 18.8. The lowest BCUT2D eigenvalue weighted by Crippen LogP contribution is -2.33. The number of fused-ring (bicyclic) bond motifs is 1. The number of methoxy groups -OCH3 is 1. The van der Waals surface area contributed by atoms with Crippen molar-refractivity contribution >= 4 is 32.8 Å². The molecule has 0 fully saturated rings. The fourth-order valence-corrected chi connectivity index (χ4v) is 3.97. The highest BCUT2D eigenvalue weighted by Crippen LogP contribution is 2.27. The summed E-state index contributed by atoms with van der Waals surface area (Å²) in [5.74, 6) is 0.140. The number of benzene rings is 3. The van der Waals surface area contributed by atoms with E-state index < -0.39 is 11.5 Å². The summed E-state index contributed by atoms with van der Waals surface area (Å²) >= 11 is 3.37. The van der Waals surface area contributed by atoms with Crippen LogP contribution in [-0.4, -0.2) is 22.8 Å². The molecule has 168 valence electrons. The molecule has 1 aromatic heterocycles. The molecular weight excluding hydrogens is 484 g/mol. The summed E-state index contributed by atoms with van der Waals surface area (Å²) in [4.78, 5) is 36.5. The molecular formula is C26H23BrN2O4. The van der Waals surface area contributed by atoms with E-state index in [9.17, 15) is 9.59 Å². The highest BCUT2D eigenvalue weighted by Gasteiger charge is 2.20. The molecule has 4 aromatic rings. The molecule has 0 N–H and O–H groups in total. The molecule has 0 saturated carbocycles. The number of carbonyl (C=O) groups is 1. The Hall–Kier alpha value is -3.45. The van der Waals surface area contributed by atoms with Gasteiger partial charge < -0.3 is 9.57 Å².